The van der Waals surface area contributed by atoms with Crippen LogP contribution in [0.5, 0.6) is 0 Å². The summed E-state index contributed by atoms with van der Waals surface area (Å²) in [6.45, 7) is 1.76. The van der Waals surface area contributed by atoms with Crippen LogP contribution in [0.1, 0.15) is 18.6 Å². The zero-order valence-electron chi connectivity index (χ0n) is 9.31. The summed E-state index contributed by atoms with van der Waals surface area (Å²) in [5.74, 6) is 0. The molecule has 1 rings (SSSR count). The molecule has 1 aromatic rings. The third kappa shape index (κ3) is 3.36. The van der Waals surface area contributed by atoms with Gasteiger partial charge >= 0.3 is 6.03 Å². The van der Waals surface area contributed by atoms with E-state index < -0.39 is 6.03 Å². The molecule has 0 radical (unpaired) electrons. The van der Waals surface area contributed by atoms with Gasteiger partial charge in [0.15, 0.2) is 0 Å². The molecule has 0 saturated heterocycles. The van der Waals surface area contributed by atoms with Crippen molar-refractivity contribution < 1.29 is 9.53 Å². The van der Waals surface area contributed by atoms with E-state index in [4.69, 9.17) is 10.5 Å². The summed E-state index contributed by atoms with van der Waals surface area (Å²) >= 11 is 0. The minimum atomic E-state index is -0.692. The number of amides is 2. The Labute approximate surface area is 94.3 Å². The Morgan fingerprint density at radius 3 is 2.56 bits per heavy atom. The first-order valence-electron chi connectivity index (χ1n) is 4.82. The maximum atomic E-state index is 10.5. The monoisotopic (exact) mass is 221 g/mol. The van der Waals surface area contributed by atoms with Crippen LogP contribution in [0, 0.1) is 0 Å². The third-order valence-electron chi connectivity index (χ3n) is 2.06. The van der Waals surface area contributed by atoms with Crippen LogP contribution in [0.15, 0.2) is 35.4 Å². The Balaban J connectivity index is 2.82. The van der Waals surface area contributed by atoms with Gasteiger partial charge in [0.2, 0.25) is 0 Å². The number of hydrogen-bond acceptors (Lipinski definition) is 3. The van der Waals surface area contributed by atoms with Crippen molar-refractivity contribution in [3.05, 3.63) is 35.9 Å². The van der Waals surface area contributed by atoms with Gasteiger partial charge in [0.1, 0.15) is 6.10 Å². The fourth-order valence-electron chi connectivity index (χ4n) is 1.38. The SMILES string of the molecule is COC(/C(C)=N/NC(N)=O)c1ccccc1. The number of carbonyl (C=O) groups excluding carboxylic acids is 1. The molecule has 1 atom stereocenters. The van der Waals surface area contributed by atoms with Gasteiger partial charge < -0.3 is 10.5 Å². The van der Waals surface area contributed by atoms with E-state index in [9.17, 15) is 4.79 Å². The fourth-order valence-corrected chi connectivity index (χ4v) is 1.38. The first kappa shape index (κ1) is 12.2. The van der Waals surface area contributed by atoms with Crippen molar-refractivity contribution in [1.82, 2.24) is 5.43 Å². The van der Waals surface area contributed by atoms with E-state index in [0.29, 0.717) is 5.71 Å². The normalized spacial score (nSPS) is 13.2. The summed E-state index contributed by atoms with van der Waals surface area (Å²) in [6.07, 6.45) is -0.284. The number of nitrogens with zero attached hydrogens (tertiary/aromatic N) is 1. The van der Waals surface area contributed by atoms with Gasteiger partial charge in [-0.05, 0) is 12.5 Å². The summed E-state index contributed by atoms with van der Waals surface area (Å²) < 4.78 is 5.31. The zero-order chi connectivity index (χ0) is 12.0. The van der Waals surface area contributed by atoms with Gasteiger partial charge in [-0.3, -0.25) is 0 Å². The van der Waals surface area contributed by atoms with E-state index in [2.05, 4.69) is 10.5 Å². The Bertz CT molecular complexity index is 376. The molecule has 0 heterocycles. The molecule has 16 heavy (non-hydrogen) atoms. The second-order valence-electron chi connectivity index (χ2n) is 3.26. The molecule has 0 spiro atoms. The predicted octanol–water partition coefficient (Wildman–Crippen LogP) is 1.42. The molecule has 0 aliphatic rings. The number of hydrazone groups is 1. The lowest BCUT2D eigenvalue weighted by atomic mass is 10.1. The van der Waals surface area contributed by atoms with Gasteiger partial charge in [-0.25, -0.2) is 10.2 Å². The smallest absolute Gasteiger partial charge is 0.332 e. The van der Waals surface area contributed by atoms with Crippen LogP contribution in [0.3, 0.4) is 0 Å². The number of nitrogens with one attached hydrogen (secondary N) is 1. The Kier molecular flexibility index (Phi) is 4.47. The quantitative estimate of drug-likeness (QED) is 0.595. The van der Waals surface area contributed by atoms with Crippen LogP contribution >= 0.6 is 0 Å². The molecular formula is C11H15N3O2. The number of carbonyl (C=O) groups is 1. The minimum absolute atomic E-state index is 0.284. The molecule has 2 amide bonds. The highest BCUT2D eigenvalue weighted by Gasteiger charge is 2.13. The Morgan fingerprint density at radius 1 is 1.44 bits per heavy atom. The molecule has 1 unspecified atom stereocenters. The van der Waals surface area contributed by atoms with Gasteiger partial charge in [-0.15, -0.1) is 0 Å². The lowest BCUT2D eigenvalue weighted by Crippen LogP contribution is -2.26. The first-order chi connectivity index (χ1) is 7.65. The number of nitrogens with two attached hydrogens (primary N) is 1. The van der Waals surface area contributed by atoms with Crippen molar-refractivity contribution >= 4 is 11.7 Å². The van der Waals surface area contributed by atoms with Crippen molar-refractivity contribution in [1.29, 1.82) is 0 Å². The van der Waals surface area contributed by atoms with Gasteiger partial charge in [0.05, 0.1) is 5.71 Å². The van der Waals surface area contributed by atoms with E-state index in [1.54, 1.807) is 14.0 Å². The number of hydrogen-bond donors (Lipinski definition) is 2. The third-order valence-corrected chi connectivity index (χ3v) is 2.06. The van der Waals surface area contributed by atoms with Crippen molar-refractivity contribution in [2.75, 3.05) is 7.11 Å². The van der Waals surface area contributed by atoms with Gasteiger partial charge in [-0.1, -0.05) is 30.3 Å². The van der Waals surface area contributed by atoms with E-state index in [0.717, 1.165) is 5.56 Å². The average molecular weight is 221 g/mol. The van der Waals surface area contributed by atoms with Gasteiger partial charge in [-0.2, -0.15) is 5.10 Å². The fraction of sp³-hybridized carbons (Fsp3) is 0.273. The maximum Gasteiger partial charge on any atom is 0.332 e. The predicted molar refractivity (Wildman–Crippen MR) is 62.0 cm³/mol. The van der Waals surface area contributed by atoms with Crippen LogP contribution in [0.4, 0.5) is 4.79 Å². The first-order valence-corrected chi connectivity index (χ1v) is 4.82. The lowest BCUT2D eigenvalue weighted by molar-refractivity contribution is 0.157. The second-order valence-corrected chi connectivity index (χ2v) is 3.26. The van der Waals surface area contributed by atoms with E-state index >= 15 is 0 Å². The average Bonchev–Trinajstić information content (AvgIpc) is 2.29. The highest BCUT2D eigenvalue weighted by molar-refractivity contribution is 5.88. The summed E-state index contributed by atoms with van der Waals surface area (Å²) in [5.41, 5.74) is 8.70. The van der Waals surface area contributed by atoms with E-state index in [1.165, 1.54) is 0 Å². The molecule has 5 nitrogen and oxygen atoms in total. The molecule has 0 aliphatic carbocycles. The van der Waals surface area contributed by atoms with Crippen molar-refractivity contribution in [2.45, 2.75) is 13.0 Å². The minimum Gasteiger partial charge on any atom is -0.371 e. The van der Waals surface area contributed by atoms with Crippen LogP contribution in [0.25, 0.3) is 0 Å². The molecule has 0 aliphatic heterocycles. The van der Waals surface area contributed by atoms with Crippen LogP contribution in [-0.2, 0) is 4.74 Å². The number of methoxy groups -OCH3 is 1. The highest BCUT2D eigenvalue weighted by atomic mass is 16.5. The molecule has 5 heteroatoms. The molecule has 0 aromatic heterocycles. The van der Waals surface area contributed by atoms with Gasteiger partial charge in [0.25, 0.3) is 0 Å². The highest BCUT2D eigenvalue weighted by Crippen LogP contribution is 2.17. The molecular weight excluding hydrogens is 206 g/mol. The summed E-state index contributed by atoms with van der Waals surface area (Å²) in [7, 11) is 1.58. The van der Waals surface area contributed by atoms with Crippen LogP contribution in [-0.4, -0.2) is 18.9 Å². The Morgan fingerprint density at radius 2 is 2.06 bits per heavy atom. The molecule has 3 N–H and O–H groups in total. The van der Waals surface area contributed by atoms with Crippen LogP contribution in [0.2, 0.25) is 0 Å². The largest absolute Gasteiger partial charge is 0.371 e. The van der Waals surface area contributed by atoms with Crippen molar-refractivity contribution in [2.24, 2.45) is 10.8 Å². The second kappa shape index (κ2) is 5.87. The number of benzene rings is 1. The molecule has 0 bridgehead atoms. The van der Waals surface area contributed by atoms with Gasteiger partial charge in [0, 0.05) is 7.11 Å². The van der Waals surface area contributed by atoms with Crippen molar-refractivity contribution in [3.63, 3.8) is 0 Å². The zero-order valence-corrected chi connectivity index (χ0v) is 9.31. The number of urea groups is 1. The van der Waals surface area contributed by atoms with Crippen LogP contribution < -0.4 is 11.2 Å². The Hall–Kier alpha value is -1.88. The number of ether oxygens (including phenoxy) is 1. The summed E-state index contributed by atoms with van der Waals surface area (Å²) in [6, 6.07) is 8.91. The number of rotatable bonds is 4. The lowest BCUT2D eigenvalue weighted by Gasteiger charge is -2.15. The summed E-state index contributed by atoms with van der Waals surface area (Å²) in [4.78, 5) is 10.5. The topological polar surface area (TPSA) is 76.7 Å². The maximum absolute atomic E-state index is 10.5. The van der Waals surface area contributed by atoms with E-state index in [-0.39, 0.29) is 6.10 Å². The molecule has 1 aromatic carbocycles. The molecule has 0 fully saturated rings. The van der Waals surface area contributed by atoms with E-state index in [1.807, 2.05) is 30.3 Å². The number of primary amides is 1. The molecule has 0 saturated carbocycles. The standard InChI is InChI=1S/C11H15N3O2/c1-8(13-14-11(12)15)10(16-2)9-6-4-3-5-7-9/h3-7,10H,1-2H3,(H3,12,14,15)/b13-8+. The summed E-state index contributed by atoms with van der Waals surface area (Å²) in [5, 5.41) is 3.84. The molecule has 86 valence electrons. The van der Waals surface area contributed by atoms with Crippen molar-refractivity contribution in [3.8, 4) is 0 Å².